The Bertz CT molecular complexity index is 1190. The normalized spacial score (nSPS) is 11.8. The third-order valence-corrected chi connectivity index (χ3v) is 7.15. The summed E-state index contributed by atoms with van der Waals surface area (Å²) in [7, 11) is 0. The van der Waals surface area contributed by atoms with E-state index in [-0.39, 0.29) is 23.6 Å². The zero-order valence-electron chi connectivity index (χ0n) is 19.5. The highest BCUT2D eigenvalue weighted by atomic mass is 79.9. The lowest BCUT2D eigenvalue weighted by Gasteiger charge is -2.21. The number of nitrogens with one attached hydrogen (secondary N) is 2. The monoisotopic (exact) mass is 575 g/mol. The smallest absolute Gasteiger partial charge is 0.251 e. The maximum absolute atomic E-state index is 12.9. The van der Waals surface area contributed by atoms with E-state index in [0.29, 0.717) is 46.1 Å². The number of benzene rings is 2. The Hall–Kier alpha value is -2.62. The fourth-order valence-electron chi connectivity index (χ4n) is 3.40. The van der Waals surface area contributed by atoms with Crippen LogP contribution >= 0.6 is 39.3 Å². The molecule has 0 fully saturated rings. The van der Waals surface area contributed by atoms with Crippen LogP contribution in [0.5, 0.6) is 0 Å². The van der Waals surface area contributed by atoms with Crippen molar-refractivity contribution in [2.75, 3.05) is 11.1 Å². The predicted molar refractivity (Wildman–Crippen MR) is 145 cm³/mol. The summed E-state index contributed by atoms with van der Waals surface area (Å²) < 4.78 is 2.65. The second-order valence-corrected chi connectivity index (χ2v) is 10.4. The van der Waals surface area contributed by atoms with Gasteiger partial charge in [-0.15, -0.1) is 16.8 Å². The topological polar surface area (TPSA) is 88.9 Å². The molecule has 0 bridgehead atoms. The minimum atomic E-state index is -0.344. The molecule has 1 unspecified atom stereocenters. The molecule has 1 heterocycles. The van der Waals surface area contributed by atoms with Crippen LogP contribution in [0.4, 0.5) is 5.69 Å². The van der Waals surface area contributed by atoms with Crippen molar-refractivity contribution in [3.63, 3.8) is 0 Å². The van der Waals surface area contributed by atoms with E-state index in [1.165, 1.54) is 11.8 Å². The zero-order chi connectivity index (χ0) is 25.4. The van der Waals surface area contributed by atoms with E-state index in [4.69, 9.17) is 11.6 Å². The van der Waals surface area contributed by atoms with Gasteiger partial charge in [0.1, 0.15) is 0 Å². The number of thioether (sulfide) groups is 1. The molecule has 7 nitrogen and oxygen atoms in total. The average Bonchev–Trinajstić information content (AvgIpc) is 3.22. The Labute approximate surface area is 222 Å². The second-order valence-electron chi connectivity index (χ2n) is 8.23. The lowest BCUT2D eigenvalue weighted by atomic mass is 10.0. The number of hydrogen-bond donors (Lipinski definition) is 2. The van der Waals surface area contributed by atoms with Gasteiger partial charge in [0, 0.05) is 22.3 Å². The Morgan fingerprint density at radius 3 is 2.60 bits per heavy atom. The summed E-state index contributed by atoms with van der Waals surface area (Å²) >= 11 is 10.7. The van der Waals surface area contributed by atoms with Crippen LogP contribution in [-0.4, -0.2) is 32.3 Å². The van der Waals surface area contributed by atoms with Crippen LogP contribution in [0, 0.1) is 5.92 Å². The molecule has 0 radical (unpaired) electrons. The molecule has 10 heteroatoms. The van der Waals surface area contributed by atoms with E-state index in [2.05, 4.69) is 57.2 Å². The van der Waals surface area contributed by atoms with Crippen molar-refractivity contribution < 1.29 is 9.59 Å². The van der Waals surface area contributed by atoms with Gasteiger partial charge in [-0.3, -0.25) is 9.59 Å². The quantitative estimate of drug-likeness (QED) is 0.212. The number of nitrogens with zero attached hydrogens (tertiary/aromatic N) is 3. The summed E-state index contributed by atoms with van der Waals surface area (Å²) in [6.07, 6.45) is 2.43. The molecule has 1 aromatic heterocycles. The van der Waals surface area contributed by atoms with E-state index in [0.717, 1.165) is 4.47 Å². The molecule has 2 aromatic carbocycles. The van der Waals surface area contributed by atoms with Crippen LogP contribution in [0.25, 0.3) is 0 Å². The Morgan fingerprint density at radius 1 is 1.20 bits per heavy atom. The number of rotatable bonds is 11. The molecule has 1 atom stereocenters. The summed E-state index contributed by atoms with van der Waals surface area (Å²) in [6.45, 7) is 8.47. The number of allylic oxidation sites excluding steroid dienone is 1. The standard InChI is InChI=1S/C25H27BrClN5O2S/c1-4-12-32-23(21(13-16(2)3)29-24(34)17-8-6-5-7-9-17)30-31-25(32)35-15-22(33)28-18-10-11-19(26)20(27)14-18/h4-11,14,16,21H,1,12-13,15H2,2-3H3,(H,28,33)(H,29,34). The summed E-state index contributed by atoms with van der Waals surface area (Å²) in [4.78, 5) is 25.4. The zero-order valence-corrected chi connectivity index (χ0v) is 22.7. The molecule has 2 amide bonds. The first-order valence-electron chi connectivity index (χ1n) is 11.1. The van der Waals surface area contributed by atoms with Crippen LogP contribution in [0.2, 0.25) is 5.02 Å². The third kappa shape index (κ3) is 7.68. The molecule has 35 heavy (non-hydrogen) atoms. The van der Waals surface area contributed by atoms with E-state index >= 15 is 0 Å². The fourth-order valence-corrected chi connectivity index (χ4v) is 4.58. The van der Waals surface area contributed by atoms with E-state index in [1.807, 2.05) is 22.8 Å². The van der Waals surface area contributed by atoms with Crippen molar-refractivity contribution in [2.24, 2.45) is 5.92 Å². The minimum Gasteiger partial charge on any atom is -0.342 e. The summed E-state index contributed by atoms with van der Waals surface area (Å²) in [6, 6.07) is 13.9. The molecule has 2 N–H and O–H groups in total. The molecule has 0 aliphatic rings. The van der Waals surface area contributed by atoms with Crippen LogP contribution in [-0.2, 0) is 11.3 Å². The molecule has 0 spiro atoms. The van der Waals surface area contributed by atoms with Crippen LogP contribution in [0.1, 0.15) is 42.5 Å². The van der Waals surface area contributed by atoms with Crippen molar-refractivity contribution in [3.05, 3.63) is 82.1 Å². The number of aromatic nitrogens is 3. The van der Waals surface area contributed by atoms with Crippen molar-refractivity contribution in [1.29, 1.82) is 0 Å². The molecule has 3 rings (SSSR count). The fraction of sp³-hybridized carbons (Fsp3) is 0.280. The van der Waals surface area contributed by atoms with Crippen LogP contribution < -0.4 is 10.6 Å². The molecule has 3 aromatic rings. The van der Waals surface area contributed by atoms with Gasteiger partial charge in [-0.2, -0.15) is 0 Å². The number of halogens is 2. The minimum absolute atomic E-state index is 0.133. The van der Waals surface area contributed by atoms with Gasteiger partial charge < -0.3 is 15.2 Å². The van der Waals surface area contributed by atoms with Crippen molar-refractivity contribution in [3.8, 4) is 0 Å². The van der Waals surface area contributed by atoms with Crippen molar-refractivity contribution in [2.45, 2.75) is 38.0 Å². The second kappa shape index (κ2) is 12.9. The SMILES string of the molecule is C=CCn1c(SCC(=O)Nc2ccc(Br)c(Cl)c2)nnc1C(CC(C)C)NC(=O)c1ccccc1. The molecule has 184 valence electrons. The first-order chi connectivity index (χ1) is 16.8. The predicted octanol–water partition coefficient (Wildman–Crippen LogP) is 6.13. The van der Waals surface area contributed by atoms with Crippen LogP contribution in [0.3, 0.4) is 0 Å². The Morgan fingerprint density at radius 2 is 1.94 bits per heavy atom. The van der Waals surface area contributed by atoms with E-state index < -0.39 is 0 Å². The first kappa shape index (κ1) is 27.0. The Balaban J connectivity index is 1.75. The molecular formula is C25H27BrClN5O2S. The number of hydrogen-bond acceptors (Lipinski definition) is 5. The maximum Gasteiger partial charge on any atom is 0.251 e. The maximum atomic E-state index is 12.9. The van der Waals surface area contributed by atoms with Gasteiger partial charge in [-0.05, 0) is 58.6 Å². The average molecular weight is 577 g/mol. The molecule has 0 aliphatic heterocycles. The van der Waals surface area contributed by atoms with Crippen molar-refractivity contribution >= 4 is 56.8 Å². The van der Waals surface area contributed by atoms with Crippen molar-refractivity contribution in [1.82, 2.24) is 20.1 Å². The first-order valence-corrected chi connectivity index (χ1v) is 13.2. The number of anilines is 1. The lowest BCUT2D eigenvalue weighted by Crippen LogP contribution is -2.31. The van der Waals surface area contributed by atoms with Gasteiger partial charge in [0.25, 0.3) is 5.91 Å². The van der Waals surface area contributed by atoms with Crippen LogP contribution in [0.15, 0.2) is 70.8 Å². The summed E-state index contributed by atoms with van der Waals surface area (Å²) in [5.41, 5.74) is 1.19. The van der Waals surface area contributed by atoms with Gasteiger partial charge in [-0.25, -0.2) is 0 Å². The number of carbonyl (C=O) groups is 2. The lowest BCUT2D eigenvalue weighted by molar-refractivity contribution is -0.113. The molecule has 0 saturated carbocycles. The largest absolute Gasteiger partial charge is 0.342 e. The van der Waals surface area contributed by atoms with E-state index in [1.54, 1.807) is 36.4 Å². The van der Waals surface area contributed by atoms with Gasteiger partial charge in [0.2, 0.25) is 5.91 Å². The summed E-state index contributed by atoms with van der Waals surface area (Å²) in [5, 5.41) is 15.7. The highest BCUT2D eigenvalue weighted by Crippen LogP contribution is 2.27. The highest BCUT2D eigenvalue weighted by molar-refractivity contribution is 9.10. The van der Waals surface area contributed by atoms with Gasteiger partial charge in [0.05, 0.1) is 16.8 Å². The summed E-state index contributed by atoms with van der Waals surface area (Å²) in [5.74, 6) is 0.703. The number of carbonyl (C=O) groups excluding carboxylic acids is 2. The highest BCUT2D eigenvalue weighted by Gasteiger charge is 2.24. The molecule has 0 aliphatic carbocycles. The molecular weight excluding hydrogens is 550 g/mol. The number of amides is 2. The van der Waals surface area contributed by atoms with Gasteiger partial charge >= 0.3 is 0 Å². The van der Waals surface area contributed by atoms with Gasteiger partial charge in [-0.1, -0.05) is 61.5 Å². The Kier molecular flexibility index (Phi) is 9.94. The van der Waals surface area contributed by atoms with E-state index in [9.17, 15) is 9.59 Å². The van der Waals surface area contributed by atoms with Gasteiger partial charge in [0.15, 0.2) is 11.0 Å². The molecule has 0 saturated heterocycles. The third-order valence-electron chi connectivity index (χ3n) is 4.95.